The molecule has 15 heteroatoms. The molecule has 2 aromatic carbocycles. The summed E-state index contributed by atoms with van der Waals surface area (Å²) in [6, 6.07) is -0.690. The predicted molar refractivity (Wildman–Crippen MR) is 130 cm³/mol. The van der Waals surface area contributed by atoms with E-state index in [1.54, 1.807) is 6.92 Å². The molecule has 1 N–H and O–H groups in total. The number of ether oxygens (including phenoxy) is 1. The number of urea groups is 1. The molecule has 0 radical (unpaired) electrons. The molecular weight excluding hydrogens is 551 g/mol. The maximum absolute atomic E-state index is 15.1. The van der Waals surface area contributed by atoms with Crippen LogP contribution in [0.25, 0.3) is 22.1 Å². The summed E-state index contributed by atoms with van der Waals surface area (Å²) in [4.78, 5) is 15.3. The second-order valence-corrected chi connectivity index (χ2v) is 11.2. The summed E-state index contributed by atoms with van der Waals surface area (Å²) < 4.78 is 110. The van der Waals surface area contributed by atoms with Crippen molar-refractivity contribution in [2.75, 3.05) is 30.3 Å². The summed E-state index contributed by atoms with van der Waals surface area (Å²) in [5.74, 6) is -7.62. The third-order valence-corrected chi connectivity index (χ3v) is 8.25. The van der Waals surface area contributed by atoms with Gasteiger partial charge in [-0.2, -0.15) is 0 Å². The minimum absolute atomic E-state index is 0.0238. The number of sulfonamides is 1. The van der Waals surface area contributed by atoms with Gasteiger partial charge in [0.25, 0.3) is 5.92 Å². The highest BCUT2D eigenvalue weighted by molar-refractivity contribution is 7.89. The van der Waals surface area contributed by atoms with Gasteiger partial charge in [-0.05, 0) is 26.3 Å². The van der Waals surface area contributed by atoms with Gasteiger partial charge >= 0.3 is 6.03 Å². The molecule has 39 heavy (non-hydrogen) atoms. The fourth-order valence-corrected chi connectivity index (χ4v) is 5.85. The van der Waals surface area contributed by atoms with Crippen molar-refractivity contribution in [1.82, 2.24) is 14.8 Å². The number of benzene rings is 2. The smallest absolute Gasteiger partial charge is 0.326 e. The second kappa shape index (κ2) is 9.62. The minimum Gasteiger partial charge on any atom is -0.494 e. The number of rotatable bonds is 7. The van der Waals surface area contributed by atoms with Crippen LogP contribution >= 0.6 is 0 Å². The number of nitrogens with one attached hydrogen (secondary N) is 1. The first-order valence-electron chi connectivity index (χ1n) is 12.0. The molecule has 9 nitrogen and oxygen atoms in total. The van der Waals surface area contributed by atoms with E-state index in [1.165, 1.54) is 19.1 Å². The summed E-state index contributed by atoms with van der Waals surface area (Å²) in [5.41, 5.74) is -0.807. The number of hydrogen-bond acceptors (Lipinski definition) is 6. The van der Waals surface area contributed by atoms with Crippen molar-refractivity contribution in [3.8, 4) is 16.9 Å². The molecule has 210 valence electrons. The summed E-state index contributed by atoms with van der Waals surface area (Å²) >= 11 is 0. The van der Waals surface area contributed by atoms with Crippen molar-refractivity contribution in [2.45, 2.75) is 38.3 Å². The molecule has 2 saturated heterocycles. The number of amides is 2. The molecule has 2 aliphatic heterocycles. The standard InChI is InChI=1S/C24H23F5N4O5S/c1-3-37-13-9-14(20-15(26)7-12(25)8-16(20)27)21-17(10-13)38-30-22(21)32-6-5-19-24(28,29)18(11-33(19)23(32)34)31-39(35,36)4-2/h7-10,18-19,31H,3-6,11H2,1-2H3/t18-,19-/m1/s1. The Kier molecular flexibility index (Phi) is 6.69. The van der Waals surface area contributed by atoms with Gasteiger partial charge in [0.15, 0.2) is 11.4 Å². The number of nitrogens with zero attached hydrogens (tertiary/aromatic N) is 3. The van der Waals surface area contributed by atoms with E-state index in [0.717, 1.165) is 9.80 Å². The van der Waals surface area contributed by atoms with Crippen molar-refractivity contribution in [1.29, 1.82) is 0 Å². The zero-order valence-corrected chi connectivity index (χ0v) is 21.5. The van der Waals surface area contributed by atoms with Gasteiger partial charge in [0, 0.05) is 36.9 Å². The highest BCUT2D eigenvalue weighted by Gasteiger charge is 2.60. The van der Waals surface area contributed by atoms with Crippen LogP contribution in [-0.2, 0) is 10.0 Å². The Morgan fingerprint density at radius 2 is 1.85 bits per heavy atom. The average molecular weight is 575 g/mol. The lowest BCUT2D eigenvalue weighted by Gasteiger charge is -2.37. The van der Waals surface area contributed by atoms with Crippen LogP contribution in [-0.4, -0.2) is 68.0 Å². The number of halogens is 5. The lowest BCUT2D eigenvalue weighted by Crippen LogP contribution is -2.56. The van der Waals surface area contributed by atoms with Crippen LogP contribution in [0, 0.1) is 17.5 Å². The zero-order valence-electron chi connectivity index (χ0n) is 20.7. The van der Waals surface area contributed by atoms with Gasteiger partial charge in [-0.15, -0.1) is 0 Å². The number of carbonyl (C=O) groups excluding carboxylic acids is 1. The number of fused-ring (bicyclic) bond motifs is 2. The van der Waals surface area contributed by atoms with Crippen LogP contribution in [0.15, 0.2) is 28.8 Å². The number of carbonyl (C=O) groups is 1. The van der Waals surface area contributed by atoms with Gasteiger partial charge in [-0.1, -0.05) is 5.16 Å². The van der Waals surface area contributed by atoms with Gasteiger partial charge in [-0.3, -0.25) is 4.90 Å². The predicted octanol–water partition coefficient (Wildman–Crippen LogP) is 4.27. The van der Waals surface area contributed by atoms with Gasteiger partial charge in [0.2, 0.25) is 10.0 Å². The Morgan fingerprint density at radius 3 is 2.49 bits per heavy atom. The maximum Gasteiger partial charge on any atom is 0.326 e. The third-order valence-electron chi connectivity index (χ3n) is 6.84. The van der Waals surface area contributed by atoms with Gasteiger partial charge in [0.1, 0.15) is 35.3 Å². The quantitative estimate of drug-likeness (QED) is 0.423. The number of alkyl halides is 2. The molecule has 0 saturated carbocycles. The van der Waals surface area contributed by atoms with Crippen LogP contribution in [0.3, 0.4) is 0 Å². The van der Waals surface area contributed by atoms with E-state index in [2.05, 4.69) is 5.16 Å². The fraction of sp³-hybridized carbons (Fsp3) is 0.417. The molecule has 2 amide bonds. The molecule has 3 heterocycles. The van der Waals surface area contributed by atoms with E-state index in [0.29, 0.717) is 12.1 Å². The molecule has 1 aromatic heterocycles. The number of hydrogen-bond donors (Lipinski definition) is 1. The molecule has 0 bridgehead atoms. The molecular formula is C24H23F5N4O5S. The molecule has 2 aliphatic rings. The monoisotopic (exact) mass is 574 g/mol. The van der Waals surface area contributed by atoms with Crippen molar-refractivity contribution >= 4 is 32.8 Å². The third kappa shape index (κ3) is 4.56. The summed E-state index contributed by atoms with van der Waals surface area (Å²) in [6.45, 7) is 2.29. The Balaban J connectivity index is 1.59. The second-order valence-electron chi connectivity index (χ2n) is 9.17. The number of anilines is 1. The first-order chi connectivity index (χ1) is 18.4. The molecule has 0 unspecified atom stereocenters. The van der Waals surface area contributed by atoms with Crippen molar-refractivity contribution in [3.05, 3.63) is 41.7 Å². The van der Waals surface area contributed by atoms with Crippen LogP contribution in [0.5, 0.6) is 5.75 Å². The Bertz CT molecular complexity index is 1540. The molecule has 3 aromatic rings. The normalized spacial score (nSPS) is 21.1. The molecule has 5 rings (SSSR count). The highest BCUT2D eigenvalue weighted by Crippen LogP contribution is 2.44. The summed E-state index contributed by atoms with van der Waals surface area (Å²) in [7, 11) is -3.99. The Morgan fingerprint density at radius 1 is 1.15 bits per heavy atom. The lowest BCUT2D eigenvalue weighted by atomic mass is 9.99. The van der Waals surface area contributed by atoms with Crippen LogP contribution in [0.4, 0.5) is 32.6 Å². The molecule has 0 aliphatic carbocycles. The van der Waals surface area contributed by atoms with Crippen molar-refractivity contribution < 1.29 is 44.4 Å². The summed E-state index contributed by atoms with van der Waals surface area (Å²) in [6.07, 6.45) is -0.261. The van der Waals surface area contributed by atoms with Gasteiger partial charge < -0.3 is 14.2 Å². The molecule has 2 fully saturated rings. The fourth-order valence-electron chi connectivity index (χ4n) is 5.02. The van der Waals surface area contributed by atoms with E-state index in [1.807, 2.05) is 4.72 Å². The SMILES string of the molecule is CCOc1cc(-c2c(F)cc(F)cc2F)c2c(N3CC[C@H]4N(C[C@@H](NS(=O)(=O)CC)C4(F)F)C3=O)noc2c1. The van der Waals surface area contributed by atoms with Crippen molar-refractivity contribution in [3.63, 3.8) is 0 Å². The van der Waals surface area contributed by atoms with Crippen molar-refractivity contribution in [2.24, 2.45) is 0 Å². The van der Waals surface area contributed by atoms with Gasteiger partial charge in [0.05, 0.1) is 23.3 Å². The maximum atomic E-state index is 15.1. The highest BCUT2D eigenvalue weighted by atomic mass is 32.2. The Hall–Kier alpha value is -3.46. The first kappa shape index (κ1) is 27.1. The van der Waals surface area contributed by atoms with E-state index >= 15 is 8.78 Å². The zero-order chi connectivity index (χ0) is 28.3. The van der Waals surface area contributed by atoms with Crippen LogP contribution in [0.1, 0.15) is 20.3 Å². The largest absolute Gasteiger partial charge is 0.494 e. The molecule has 0 spiro atoms. The van der Waals surface area contributed by atoms with Gasteiger partial charge in [-0.25, -0.2) is 39.9 Å². The lowest BCUT2D eigenvalue weighted by molar-refractivity contribution is -0.0448. The average Bonchev–Trinajstić information content (AvgIpc) is 3.38. The van der Waals surface area contributed by atoms with E-state index in [4.69, 9.17) is 9.26 Å². The van der Waals surface area contributed by atoms with E-state index in [9.17, 15) is 26.4 Å². The van der Waals surface area contributed by atoms with Crippen LogP contribution in [0.2, 0.25) is 0 Å². The van der Waals surface area contributed by atoms with Crippen LogP contribution < -0.4 is 14.4 Å². The number of aromatic nitrogens is 1. The topological polar surface area (TPSA) is 105 Å². The Labute approximate surface area is 219 Å². The van der Waals surface area contributed by atoms with E-state index in [-0.39, 0.29) is 47.7 Å². The minimum atomic E-state index is -3.99. The molecule has 2 atom stereocenters. The van der Waals surface area contributed by atoms with E-state index < -0.39 is 69.4 Å². The summed E-state index contributed by atoms with van der Waals surface area (Å²) in [5, 5.41) is 3.88. The first-order valence-corrected chi connectivity index (χ1v) is 13.7.